The number of benzene rings is 1. The summed E-state index contributed by atoms with van der Waals surface area (Å²) in [6.45, 7) is 0.188. The lowest BCUT2D eigenvalue weighted by molar-refractivity contribution is 0.163. The van der Waals surface area contributed by atoms with Gasteiger partial charge in [-0.15, -0.1) is 0 Å². The van der Waals surface area contributed by atoms with Crippen molar-refractivity contribution in [1.82, 2.24) is 5.32 Å². The van der Waals surface area contributed by atoms with Crippen LogP contribution in [0.15, 0.2) is 18.2 Å². The molecule has 6 heteroatoms. The quantitative estimate of drug-likeness (QED) is 0.736. The van der Waals surface area contributed by atoms with E-state index in [9.17, 15) is 5.11 Å². The highest BCUT2D eigenvalue weighted by molar-refractivity contribution is 7.80. The zero-order valence-electron chi connectivity index (χ0n) is 11.0. The third-order valence-corrected chi connectivity index (χ3v) is 4.51. The van der Waals surface area contributed by atoms with Crippen LogP contribution in [-0.4, -0.2) is 22.9 Å². The summed E-state index contributed by atoms with van der Waals surface area (Å²) in [5.74, 6) is 0.255. The Morgan fingerprint density at radius 1 is 1.25 bits per heavy atom. The van der Waals surface area contributed by atoms with Crippen LogP contribution in [-0.2, 0) is 0 Å². The standard InChI is InChI=1S/C14H18Cl2N2OS/c15-10-5-3-6-11(16)13(10)18-14(20)17-12-7-2-1-4-9(12)8-19/h3,5-6,9,12,19H,1-2,4,7-8H2,(H2,17,18,20)/t9-,12+/m1/s1. The molecule has 3 N–H and O–H groups in total. The number of aliphatic hydroxyl groups excluding tert-OH is 1. The van der Waals surface area contributed by atoms with Crippen LogP contribution < -0.4 is 10.6 Å². The first kappa shape index (κ1) is 15.8. The Morgan fingerprint density at radius 2 is 1.90 bits per heavy atom. The zero-order chi connectivity index (χ0) is 14.5. The van der Waals surface area contributed by atoms with Gasteiger partial charge in [0.2, 0.25) is 0 Å². The van der Waals surface area contributed by atoms with Gasteiger partial charge in [0.25, 0.3) is 0 Å². The smallest absolute Gasteiger partial charge is 0.171 e. The third-order valence-electron chi connectivity index (χ3n) is 3.66. The fourth-order valence-corrected chi connectivity index (χ4v) is 3.30. The Labute approximate surface area is 134 Å². The molecule has 0 saturated heterocycles. The van der Waals surface area contributed by atoms with Gasteiger partial charge in [-0.25, -0.2) is 0 Å². The molecule has 3 nitrogen and oxygen atoms in total. The molecule has 0 radical (unpaired) electrons. The van der Waals surface area contributed by atoms with Gasteiger partial charge in [-0.1, -0.05) is 42.1 Å². The molecule has 1 saturated carbocycles. The molecule has 1 aliphatic rings. The van der Waals surface area contributed by atoms with Crippen molar-refractivity contribution in [3.05, 3.63) is 28.2 Å². The minimum atomic E-state index is 0.188. The molecule has 0 amide bonds. The zero-order valence-corrected chi connectivity index (χ0v) is 13.4. The number of hydrogen-bond acceptors (Lipinski definition) is 2. The molecular formula is C14H18Cl2N2OS. The monoisotopic (exact) mass is 332 g/mol. The molecule has 1 aromatic carbocycles. The molecule has 0 spiro atoms. The molecule has 110 valence electrons. The second kappa shape index (κ2) is 7.46. The summed E-state index contributed by atoms with van der Waals surface area (Å²) < 4.78 is 0. The molecule has 0 aromatic heterocycles. The molecule has 1 aliphatic carbocycles. The first-order chi connectivity index (χ1) is 9.61. The number of para-hydroxylation sites is 1. The molecule has 20 heavy (non-hydrogen) atoms. The van der Waals surface area contributed by atoms with E-state index in [0.29, 0.717) is 20.8 Å². The lowest BCUT2D eigenvalue weighted by Gasteiger charge is -2.31. The van der Waals surface area contributed by atoms with Crippen LogP contribution >= 0.6 is 35.4 Å². The van der Waals surface area contributed by atoms with E-state index in [2.05, 4.69) is 10.6 Å². The van der Waals surface area contributed by atoms with Crippen molar-refractivity contribution in [3.8, 4) is 0 Å². The lowest BCUT2D eigenvalue weighted by atomic mass is 9.85. The van der Waals surface area contributed by atoms with E-state index in [1.54, 1.807) is 18.2 Å². The first-order valence-electron chi connectivity index (χ1n) is 6.74. The summed E-state index contributed by atoms with van der Waals surface area (Å²) in [5, 5.41) is 17.3. The van der Waals surface area contributed by atoms with Gasteiger partial charge in [0.05, 0.1) is 15.7 Å². The topological polar surface area (TPSA) is 44.3 Å². The van der Waals surface area contributed by atoms with Gasteiger partial charge in [0.1, 0.15) is 0 Å². The van der Waals surface area contributed by atoms with Crippen molar-refractivity contribution >= 4 is 46.2 Å². The predicted octanol–water partition coefficient (Wildman–Crippen LogP) is 3.83. The maximum Gasteiger partial charge on any atom is 0.171 e. The van der Waals surface area contributed by atoms with E-state index in [1.165, 1.54) is 6.42 Å². The van der Waals surface area contributed by atoms with Crippen LogP contribution in [0.25, 0.3) is 0 Å². The highest BCUT2D eigenvalue weighted by atomic mass is 35.5. The van der Waals surface area contributed by atoms with Crippen LogP contribution in [0.3, 0.4) is 0 Å². The molecule has 2 rings (SSSR count). The molecule has 1 fully saturated rings. The van der Waals surface area contributed by atoms with E-state index < -0.39 is 0 Å². The average Bonchev–Trinajstić information content (AvgIpc) is 2.44. The number of hydrogen-bond donors (Lipinski definition) is 3. The first-order valence-corrected chi connectivity index (χ1v) is 7.90. The Hall–Kier alpha value is -0.550. The van der Waals surface area contributed by atoms with E-state index in [1.807, 2.05) is 0 Å². The molecule has 1 aromatic rings. The summed E-state index contributed by atoms with van der Waals surface area (Å²) in [4.78, 5) is 0. The van der Waals surface area contributed by atoms with Crippen LogP contribution in [0, 0.1) is 5.92 Å². The van der Waals surface area contributed by atoms with Crippen molar-refractivity contribution in [3.63, 3.8) is 0 Å². The molecule has 0 unspecified atom stereocenters. The van der Waals surface area contributed by atoms with Crippen molar-refractivity contribution in [2.75, 3.05) is 11.9 Å². The Bertz CT molecular complexity index is 464. The summed E-state index contributed by atoms with van der Waals surface area (Å²) in [6, 6.07) is 5.51. The van der Waals surface area contributed by atoms with Crippen LogP contribution in [0.4, 0.5) is 5.69 Å². The lowest BCUT2D eigenvalue weighted by Crippen LogP contribution is -2.45. The van der Waals surface area contributed by atoms with Crippen molar-refractivity contribution in [1.29, 1.82) is 0 Å². The number of rotatable bonds is 3. The Balaban J connectivity index is 1.98. The summed E-state index contributed by atoms with van der Waals surface area (Å²) in [7, 11) is 0. The van der Waals surface area contributed by atoms with Gasteiger partial charge in [0.15, 0.2) is 5.11 Å². The van der Waals surface area contributed by atoms with Crippen molar-refractivity contribution in [2.45, 2.75) is 31.7 Å². The third kappa shape index (κ3) is 3.98. The minimum absolute atomic E-state index is 0.188. The van der Waals surface area contributed by atoms with E-state index >= 15 is 0 Å². The van der Waals surface area contributed by atoms with Crippen molar-refractivity contribution < 1.29 is 5.11 Å². The maximum atomic E-state index is 9.41. The molecular weight excluding hydrogens is 315 g/mol. The fourth-order valence-electron chi connectivity index (χ4n) is 2.55. The summed E-state index contributed by atoms with van der Waals surface area (Å²) >= 11 is 17.5. The largest absolute Gasteiger partial charge is 0.396 e. The Kier molecular flexibility index (Phi) is 5.90. The normalized spacial score (nSPS) is 22.4. The molecule has 0 aliphatic heterocycles. The van der Waals surface area contributed by atoms with E-state index in [-0.39, 0.29) is 18.6 Å². The SMILES string of the molecule is OC[C@H]1CCCC[C@@H]1NC(=S)Nc1c(Cl)cccc1Cl. The van der Waals surface area contributed by atoms with Gasteiger partial charge >= 0.3 is 0 Å². The van der Waals surface area contributed by atoms with Gasteiger partial charge < -0.3 is 15.7 Å². The average molecular weight is 333 g/mol. The van der Waals surface area contributed by atoms with Crippen molar-refractivity contribution in [2.24, 2.45) is 5.92 Å². The number of nitrogens with one attached hydrogen (secondary N) is 2. The second-order valence-electron chi connectivity index (χ2n) is 5.03. The predicted molar refractivity (Wildman–Crippen MR) is 88.7 cm³/mol. The maximum absolute atomic E-state index is 9.41. The van der Waals surface area contributed by atoms with Gasteiger partial charge in [-0.3, -0.25) is 0 Å². The number of anilines is 1. The second-order valence-corrected chi connectivity index (χ2v) is 6.25. The minimum Gasteiger partial charge on any atom is -0.396 e. The van der Waals surface area contributed by atoms with Gasteiger partial charge in [-0.05, 0) is 37.2 Å². The van der Waals surface area contributed by atoms with Crippen LogP contribution in [0.1, 0.15) is 25.7 Å². The molecule has 0 bridgehead atoms. The number of aliphatic hydroxyl groups is 1. The number of thiocarbonyl (C=S) groups is 1. The Morgan fingerprint density at radius 3 is 2.55 bits per heavy atom. The fraction of sp³-hybridized carbons (Fsp3) is 0.500. The van der Waals surface area contributed by atoms with Gasteiger partial charge in [0, 0.05) is 18.6 Å². The van der Waals surface area contributed by atoms with Gasteiger partial charge in [-0.2, -0.15) is 0 Å². The highest BCUT2D eigenvalue weighted by Crippen LogP contribution is 2.30. The van der Waals surface area contributed by atoms with E-state index in [0.717, 1.165) is 19.3 Å². The van der Waals surface area contributed by atoms with E-state index in [4.69, 9.17) is 35.4 Å². The summed E-state index contributed by atoms with van der Waals surface area (Å²) in [6.07, 6.45) is 4.37. The highest BCUT2D eigenvalue weighted by Gasteiger charge is 2.25. The number of halogens is 2. The molecule has 0 heterocycles. The van der Waals surface area contributed by atoms with Crippen LogP contribution in [0.2, 0.25) is 10.0 Å². The summed E-state index contributed by atoms with van der Waals surface area (Å²) in [5.41, 5.74) is 0.615. The molecule has 2 atom stereocenters. The van der Waals surface area contributed by atoms with Crippen LogP contribution in [0.5, 0.6) is 0 Å².